The van der Waals surface area contributed by atoms with Crippen LogP contribution in [0.25, 0.3) is 22.5 Å². The number of imidazole rings is 1. The Balaban J connectivity index is 1.54. The second kappa shape index (κ2) is 8.57. The van der Waals surface area contributed by atoms with Crippen LogP contribution in [-0.4, -0.2) is 28.6 Å². The quantitative estimate of drug-likeness (QED) is 0.387. The van der Waals surface area contributed by atoms with E-state index in [2.05, 4.69) is 33.1 Å². The van der Waals surface area contributed by atoms with Crippen molar-refractivity contribution in [3.05, 3.63) is 83.9 Å². The van der Waals surface area contributed by atoms with Crippen molar-refractivity contribution < 1.29 is 13.2 Å². The van der Waals surface area contributed by atoms with Crippen molar-refractivity contribution in [2.24, 2.45) is 0 Å². The molecule has 0 atom stereocenters. The molecule has 0 aliphatic rings. The summed E-state index contributed by atoms with van der Waals surface area (Å²) in [6.07, 6.45) is -0.690. The number of nitrogens with one attached hydrogen (secondary N) is 1. The molecular formula is C25H25F3N4. The maximum Gasteiger partial charge on any atom is 0.434 e. The van der Waals surface area contributed by atoms with E-state index >= 15 is 0 Å². The lowest BCUT2D eigenvalue weighted by atomic mass is 10.0. The topological polar surface area (TPSA) is 36.9 Å². The summed E-state index contributed by atoms with van der Waals surface area (Å²) >= 11 is 0. The molecule has 0 spiro atoms. The summed E-state index contributed by atoms with van der Waals surface area (Å²) < 4.78 is 40.7. The molecule has 0 bridgehead atoms. The number of aromatic amines is 1. The number of aryl methyl sites for hydroxylation is 1. The summed E-state index contributed by atoms with van der Waals surface area (Å²) in [4.78, 5) is 9.26. The minimum absolute atomic E-state index is 0.328. The summed E-state index contributed by atoms with van der Waals surface area (Å²) in [7, 11) is 4.05. The molecule has 0 aliphatic carbocycles. The standard InChI is InChI=1S/C25H25F3N4/c1-4-32-16-23(25(26,27)28)30-24(32)18-11-9-17(10-12-18)13-20-14-19(15-29-20)21-7-5-6-8-22(21)31(2)3/h5-12,14-16,29H,4,13H2,1-3H3. The fourth-order valence-corrected chi connectivity index (χ4v) is 3.82. The minimum Gasteiger partial charge on any atom is -0.377 e. The predicted molar refractivity (Wildman–Crippen MR) is 122 cm³/mol. The Morgan fingerprint density at radius 3 is 2.38 bits per heavy atom. The lowest BCUT2D eigenvalue weighted by Crippen LogP contribution is -2.09. The summed E-state index contributed by atoms with van der Waals surface area (Å²) in [6, 6.07) is 17.9. The van der Waals surface area contributed by atoms with Crippen LogP contribution >= 0.6 is 0 Å². The number of alkyl halides is 3. The van der Waals surface area contributed by atoms with E-state index < -0.39 is 11.9 Å². The van der Waals surface area contributed by atoms with E-state index in [1.54, 1.807) is 6.92 Å². The smallest absolute Gasteiger partial charge is 0.377 e. The van der Waals surface area contributed by atoms with Crippen molar-refractivity contribution in [2.75, 3.05) is 19.0 Å². The van der Waals surface area contributed by atoms with Crippen LogP contribution in [0.4, 0.5) is 18.9 Å². The van der Waals surface area contributed by atoms with E-state index in [1.807, 2.05) is 56.7 Å². The SMILES string of the molecule is CCn1cc(C(F)(F)F)nc1-c1ccc(Cc2cc(-c3ccccc3N(C)C)c[nH]2)cc1. The lowest BCUT2D eigenvalue weighted by molar-refractivity contribution is -0.140. The number of para-hydroxylation sites is 1. The fourth-order valence-electron chi connectivity index (χ4n) is 3.82. The first-order valence-electron chi connectivity index (χ1n) is 10.4. The average Bonchev–Trinajstić information content (AvgIpc) is 3.41. The molecule has 4 nitrogen and oxygen atoms in total. The second-order valence-electron chi connectivity index (χ2n) is 7.93. The Hall–Kier alpha value is -3.48. The van der Waals surface area contributed by atoms with Crippen molar-refractivity contribution in [1.82, 2.24) is 14.5 Å². The van der Waals surface area contributed by atoms with Gasteiger partial charge in [-0.05, 0) is 24.6 Å². The molecule has 2 aromatic heterocycles. The van der Waals surface area contributed by atoms with Gasteiger partial charge in [0, 0.05) is 67.5 Å². The summed E-state index contributed by atoms with van der Waals surface area (Å²) in [6.45, 7) is 2.22. The molecule has 0 radical (unpaired) electrons. The Labute approximate surface area is 185 Å². The molecule has 0 saturated carbocycles. The van der Waals surface area contributed by atoms with Crippen LogP contribution in [0.2, 0.25) is 0 Å². The molecule has 0 unspecified atom stereocenters. The van der Waals surface area contributed by atoms with E-state index in [0.29, 0.717) is 24.4 Å². The highest BCUT2D eigenvalue weighted by atomic mass is 19.4. The van der Waals surface area contributed by atoms with Gasteiger partial charge in [-0.2, -0.15) is 13.2 Å². The van der Waals surface area contributed by atoms with Crippen LogP contribution in [0.1, 0.15) is 23.9 Å². The predicted octanol–water partition coefficient (Wildman–Crippen LogP) is 6.24. The number of hydrogen-bond donors (Lipinski definition) is 1. The number of benzene rings is 2. The van der Waals surface area contributed by atoms with E-state index in [-0.39, 0.29) is 0 Å². The third kappa shape index (κ3) is 4.42. The largest absolute Gasteiger partial charge is 0.434 e. The highest BCUT2D eigenvalue weighted by molar-refractivity contribution is 5.78. The Bertz CT molecular complexity index is 1200. The number of hydrogen-bond acceptors (Lipinski definition) is 2. The zero-order chi connectivity index (χ0) is 22.9. The number of nitrogens with zero attached hydrogens (tertiary/aromatic N) is 3. The van der Waals surface area contributed by atoms with Crippen molar-refractivity contribution in [3.63, 3.8) is 0 Å². The highest BCUT2D eigenvalue weighted by Gasteiger charge is 2.34. The fraction of sp³-hybridized carbons (Fsp3) is 0.240. The van der Waals surface area contributed by atoms with Gasteiger partial charge in [0.15, 0.2) is 5.69 Å². The van der Waals surface area contributed by atoms with Crippen LogP contribution in [0.15, 0.2) is 67.0 Å². The molecule has 0 aliphatic heterocycles. The molecule has 4 rings (SSSR count). The number of H-pyrrole nitrogens is 1. The Kier molecular flexibility index (Phi) is 5.82. The normalized spacial score (nSPS) is 11.7. The highest BCUT2D eigenvalue weighted by Crippen LogP contribution is 2.32. The Morgan fingerprint density at radius 2 is 1.72 bits per heavy atom. The van der Waals surface area contributed by atoms with Gasteiger partial charge in [-0.15, -0.1) is 0 Å². The van der Waals surface area contributed by atoms with Crippen LogP contribution in [0.3, 0.4) is 0 Å². The number of rotatable bonds is 6. The van der Waals surface area contributed by atoms with E-state index in [9.17, 15) is 13.2 Å². The first-order chi connectivity index (χ1) is 15.3. The molecule has 0 fully saturated rings. The molecule has 1 N–H and O–H groups in total. The first kappa shape index (κ1) is 21.7. The molecule has 2 heterocycles. The number of anilines is 1. The van der Waals surface area contributed by atoms with Crippen LogP contribution < -0.4 is 4.90 Å². The summed E-state index contributed by atoms with van der Waals surface area (Å²) in [5.41, 5.74) is 5.35. The third-order valence-electron chi connectivity index (χ3n) is 5.45. The van der Waals surface area contributed by atoms with Crippen LogP contribution in [0, 0.1) is 0 Å². The average molecular weight is 438 g/mol. The summed E-state index contributed by atoms with van der Waals surface area (Å²) in [5, 5.41) is 0. The lowest BCUT2D eigenvalue weighted by Gasteiger charge is -2.16. The van der Waals surface area contributed by atoms with E-state index in [4.69, 9.17) is 0 Å². The maximum absolute atomic E-state index is 13.1. The molecular weight excluding hydrogens is 413 g/mol. The van der Waals surface area contributed by atoms with Gasteiger partial charge >= 0.3 is 6.18 Å². The van der Waals surface area contributed by atoms with Gasteiger partial charge in [-0.3, -0.25) is 0 Å². The molecule has 0 saturated heterocycles. The van der Waals surface area contributed by atoms with Crippen molar-refractivity contribution in [3.8, 4) is 22.5 Å². The number of halogens is 3. The van der Waals surface area contributed by atoms with Gasteiger partial charge in [0.25, 0.3) is 0 Å². The van der Waals surface area contributed by atoms with Gasteiger partial charge in [-0.25, -0.2) is 4.98 Å². The van der Waals surface area contributed by atoms with Crippen molar-refractivity contribution in [1.29, 1.82) is 0 Å². The van der Waals surface area contributed by atoms with Gasteiger partial charge in [0.1, 0.15) is 5.82 Å². The maximum atomic E-state index is 13.1. The first-order valence-corrected chi connectivity index (χ1v) is 10.4. The van der Waals surface area contributed by atoms with Gasteiger partial charge in [0.05, 0.1) is 0 Å². The Morgan fingerprint density at radius 1 is 1.00 bits per heavy atom. The molecule has 0 amide bonds. The van der Waals surface area contributed by atoms with Crippen LogP contribution in [-0.2, 0) is 19.1 Å². The van der Waals surface area contributed by atoms with Crippen molar-refractivity contribution in [2.45, 2.75) is 26.1 Å². The zero-order valence-electron chi connectivity index (χ0n) is 18.2. The molecule has 166 valence electrons. The van der Waals surface area contributed by atoms with Gasteiger partial charge < -0.3 is 14.5 Å². The molecule has 32 heavy (non-hydrogen) atoms. The van der Waals surface area contributed by atoms with Gasteiger partial charge in [-0.1, -0.05) is 42.5 Å². The molecule has 7 heteroatoms. The molecule has 2 aromatic carbocycles. The van der Waals surface area contributed by atoms with Crippen LogP contribution in [0.5, 0.6) is 0 Å². The van der Waals surface area contributed by atoms with E-state index in [0.717, 1.165) is 34.3 Å². The zero-order valence-corrected chi connectivity index (χ0v) is 18.2. The molecule has 4 aromatic rings. The van der Waals surface area contributed by atoms with Crippen molar-refractivity contribution >= 4 is 5.69 Å². The summed E-state index contributed by atoms with van der Waals surface area (Å²) in [5.74, 6) is 0.328. The second-order valence-corrected chi connectivity index (χ2v) is 7.93. The number of aromatic nitrogens is 3. The van der Waals surface area contributed by atoms with Gasteiger partial charge in [0.2, 0.25) is 0 Å². The third-order valence-corrected chi connectivity index (χ3v) is 5.45. The van der Waals surface area contributed by atoms with E-state index in [1.165, 1.54) is 4.57 Å². The monoisotopic (exact) mass is 438 g/mol. The minimum atomic E-state index is -4.45.